The van der Waals surface area contributed by atoms with Crippen LogP contribution in [0, 0.1) is 5.92 Å². The van der Waals surface area contributed by atoms with Gasteiger partial charge in [-0.3, -0.25) is 4.79 Å². The van der Waals surface area contributed by atoms with Crippen molar-refractivity contribution in [3.8, 4) is 0 Å². The molecule has 5 N–H and O–H groups in total. The number of amides is 1. The van der Waals surface area contributed by atoms with Gasteiger partial charge in [0.25, 0.3) is 5.91 Å². The maximum absolute atomic E-state index is 11.6. The molecule has 1 amide bonds. The highest BCUT2D eigenvalue weighted by Crippen LogP contribution is 2.19. The molecule has 1 saturated carbocycles. The lowest BCUT2D eigenvalue weighted by molar-refractivity contribution is -0.130. The minimum Gasteiger partial charge on any atom is -0.382 e. The van der Waals surface area contributed by atoms with Crippen molar-refractivity contribution < 1.29 is 9.90 Å². The largest absolute Gasteiger partial charge is 0.382 e. The number of nitrogens with one attached hydrogen (secondary N) is 2. The average Bonchev–Trinajstić information content (AvgIpc) is 2.92. The van der Waals surface area contributed by atoms with E-state index >= 15 is 0 Å². The summed E-state index contributed by atoms with van der Waals surface area (Å²) in [4.78, 5) is 11.6. The quantitative estimate of drug-likeness (QED) is 0.483. The van der Waals surface area contributed by atoms with Gasteiger partial charge in [-0.25, -0.2) is 0 Å². The molecule has 16 heavy (non-hydrogen) atoms. The monoisotopic (exact) mass is 227 g/mol. The molecular weight excluding hydrogens is 206 g/mol. The van der Waals surface area contributed by atoms with E-state index in [1.54, 1.807) is 0 Å². The molecule has 1 saturated heterocycles. The number of rotatable bonds is 5. The van der Waals surface area contributed by atoms with Gasteiger partial charge in [-0.15, -0.1) is 0 Å². The van der Waals surface area contributed by atoms with Crippen LogP contribution in [-0.4, -0.2) is 42.3 Å². The summed E-state index contributed by atoms with van der Waals surface area (Å²) in [6.07, 6.45) is 2.80. The van der Waals surface area contributed by atoms with E-state index < -0.39 is 12.1 Å². The smallest absolute Gasteiger partial charge is 0.250 e. The van der Waals surface area contributed by atoms with Gasteiger partial charge in [-0.2, -0.15) is 0 Å². The van der Waals surface area contributed by atoms with E-state index in [1.807, 2.05) is 0 Å². The summed E-state index contributed by atoms with van der Waals surface area (Å²) in [5, 5.41) is 15.8. The zero-order valence-electron chi connectivity index (χ0n) is 9.48. The van der Waals surface area contributed by atoms with Crippen molar-refractivity contribution in [3.05, 3.63) is 0 Å². The Morgan fingerprint density at radius 3 is 2.81 bits per heavy atom. The fourth-order valence-electron chi connectivity index (χ4n) is 2.14. The van der Waals surface area contributed by atoms with Crippen LogP contribution in [0.3, 0.4) is 0 Å². The zero-order chi connectivity index (χ0) is 11.5. The average molecular weight is 227 g/mol. The third-order valence-corrected chi connectivity index (χ3v) is 3.37. The van der Waals surface area contributed by atoms with Gasteiger partial charge in [0.15, 0.2) is 0 Å². The lowest BCUT2D eigenvalue weighted by atomic mass is 9.96. The number of aliphatic hydroxyl groups is 1. The fraction of sp³-hybridized carbons (Fsp3) is 0.909. The van der Waals surface area contributed by atoms with Gasteiger partial charge in [0, 0.05) is 12.1 Å². The van der Waals surface area contributed by atoms with E-state index in [4.69, 9.17) is 5.73 Å². The molecule has 5 nitrogen and oxygen atoms in total. The van der Waals surface area contributed by atoms with Crippen LogP contribution in [-0.2, 0) is 4.79 Å². The second kappa shape index (κ2) is 5.12. The Morgan fingerprint density at radius 2 is 2.25 bits per heavy atom. The minimum absolute atomic E-state index is 0.280. The van der Waals surface area contributed by atoms with Gasteiger partial charge in [0.05, 0.1) is 0 Å². The summed E-state index contributed by atoms with van der Waals surface area (Å²) in [7, 11) is 0. The van der Waals surface area contributed by atoms with Crippen LogP contribution in [0.15, 0.2) is 0 Å². The van der Waals surface area contributed by atoms with Crippen LogP contribution in [0.1, 0.15) is 25.7 Å². The Labute approximate surface area is 95.8 Å². The van der Waals surface area contributed by atoms with E-state index in [0.29, 0.717) is 12.3 Å². The first kappa shape index (κ1) is 11.8. The number of carbonyl (C=O) groups excluding carboxylic acids is 1. The second-order valence-corrected chi connectivity index (χ2v) is 4.99. The van der Waals surface area contributed by atoms with Crippen LogP contribution in [0.25, 0.3) is 0 Å². The third kappa shape index (κ3) is 3.17. The number of hydrogen-bond acceptors (Lipinski definition) is 4. The maximum atomic E-state index is 11.6. The first-order valence-corrected chi connectivity index (χ1v) is 6.11. The van der Waals surface area contributed by atoms with Gasteiger partial charge in [0.2, 0.25) is 0 Å². The zero-order valence-corrected chi connectivity index (χ0v) is 9.48. The highest BCUT2D eigenvalue weighted by molar-refractivity contribution is 5.81. The van der Waals surface area contributed by atoms with E-state index in [0.717, 1.165) is 32.4 Å². The number of nitrogens with two attached hydrogens (primary N) is 1. The second-order valence-electron chi connectivity index (χ2n) is 4.99. The number of carbonyl (C=O) groups is 1. The van der Waals surface area contributed by atoms with E-state index in [2.05, 4.69) is 10.6 Å². The van der Waals surface area contributed by atoms with Gasteiger partial charge in [-0.1, -0.05) is 0 Å². The van der Waals surface area contributed by atoms with Crippen LogP contribution in [0.4, 0.5) is 0 Å². The Kier molecular flexibility index (Phi) is 3.78. The van der Waals surface area contributed by atoms with Crippen molar-refractivity contribution in [3.63, 3.8) is 0 Å². The van der Waals surface area contributed by atoms with Crippen LogP contribution in [0.5, 0.6) is 0 Å². The Balaban J connectivity index is 1.73. The SMILES string of the molecule is N[C@@H](C[C@@H]1CCNC1)C(O)C(=O)NC1CC1. The minimum atomic E-state index is -1.05. The van der Waals surface area contributed by atoms with Crippen molar-refractivity contribution in [1.82, 2.24) is 10.6 Å². The van der Waals surface area contributed by atoms with Gasteiger partial charge in [-0.05, 0) is 44.7 Å². The Bertz CT molecular complexity index is 250. The summed E-state index contributed by atoms with van der Waals surface area (Å²) >= 11 is 0. The van der Waals surface area contributed by atoms with Crippen LogP contribution >= 0.6 is 0 Å². The summed E-state index contributed by atoms with van der Waals surface area (Å²) in [5.74, 6) is 0.194. The molecule has 2 rings (SSSR count). The normalized spacial score (nSPS) is 28.8. The summed E-state index contributed by atoms with van der Waals surface area (Å²) in [6, 6.07) is -0.161. The van der Waals surface area contributed by atoms with Crippen molar-refractivity contribution >= 4 is 5.91 Å². The molecule has 0 aromatic carbocycles. The molecule has 0 bridgehead atoms. The highest BCUT2D eigenvalue weighted by atomic mass is 16.3. The number of aliphatic hydroxyl groups excluding tert-OH is 1. The van der Waals surface area contributed by atoms with Gasteiger partial charge >= 0.3 is 0 Å². The van der Waals surface area contributed by atoms with E-state index in [-0.39, 0.29) is 11.9 Å². The first-order chi connectivity index (χ1) is 7.66. The first-order valence-electron chi connectivity index (χ1n) is 6.11. The van der Waals surface area contributed by atoms with Crippen molar-refractivity contribution in [2.24, 2.45) is 11.7 Å². The van der Waals surface area contributed by atoms with Crippen LogP contribution < -0.4 is 16.4 Å². The molecule has 1 aliphatic carbocycles. The van der Waals surface area contributed by atoms with Crippen molar-refractivity contribution in [2.45, 2.75) is 43.9 Å². The summed E-state index contributed by atoms with van der Waals surface area (Å²) in [6.45, 7) is 1.96. The molecule has 2 aliphatic rings. The molecule has 0 spiro atoms. The lowest BCUT2D eigenvalue weighted by Crippen LogP contribution is -2.47. The third-order valence-electron chi connectivity index (χ3n) is 3.37. The predicted molar refractivity (Wildman–Crippen MR) is 60.7 cm³/mol. The molecule has 0 aromatic heterocycles. The maximum Gasteiger partial charge on any atom is 0.250 e. The molecule has 0 radical (unpaired) electrons. The van der Waals surface area contributed by atoms with Gasteiger partial charge in [0.1, 0.15) is 6.10 Å². The Morgan fingerprint density at radius 1 is 1.50 bits per heavy atom. The molecule has 92 valence electrons. The fourth-order valence-corrected chi connectivity index (χ4v) is 2.14. The van der Waals surface area contributed by atoms with E-state index in [9.17, 15) is 9.90 Å². The predicted octanol–water partition coefficient (Wildman–Crippen LogP) is -1.05. The molecule has 1 heterocycles. The molecule has 2 fully saturated rings. The molecular formula is C11H21N3O2. The standard InChI is InChI=1S/C11H21N3O2/c12-9(5-7-3-4-13-6-7)10(15)11(16)14-8-1-2-8/h7-10,13,15H,1-6,12H2,(H,14,16)/t7-,9-,10?/m0/s1. The molecule has 0 aromatic rings. The van der Waals surface area contributed by atoms with Gasteiger partial charge < -0.3 is 21.5 Å². The van der Waals surface area contributed by atoms with Crippen LogP contribution in [0.2, 0.25) is 0 Å². The molecule has 1 aliphatic heterocycles. The van der Waals surface area contributed by atoms with Crippen molar-refractivity contribution in [2.75, 3.05) is 13.1 Å². The lowest BCUT2D eigenvalue weighted by Gasteiger charge is -2.20. The van der Waals surface area contributed by atoms with Crippen molar-refractivity contribution in [1.29, 1.82) is 0 Å². The molecule has 3 atom stereocenters. The van der Waals surface area contributed by atoms with E-state index in [1.165, 1.54) is 0 Å². The summed E-state index contributed by atoms with van der Waals surface area (Å²) in [5.41, 5.74) is 5.86. The topological polar surface area (TPSA) is 87.4 Å². The summed E-state index contributed by atoms with van der Waals surface area (Å²) < 4.78 is 0. The highest BCUT2D eigenvalue weighted by Gasteiger charge is 2.30. The number of hydrogen-bond donors (Lipinski definition) is 4. The molecule has 1 unspecified atom stereocenters. The Hall–Kier alpha value is -0.650. The molecule has 5 heteroatoms.